The first-order valence-electron chi connectivity index (χ1n) is 7.73. The van der Waals surface area contributed by atoms with Crippen LogP contribution in [0.25, 0.3) is 0 Å². The molecular formula is C15H34O3S2. The third kappa shape index (κ3) is 16.6. The minimum Gasteiger partial charge on any atom is -0.381 e. The summed E-state index contributed by atoms with van der Waals surface area (Å²) in [7, 11) is 0. The molecule has 5 heteroatoms. The third-order valence-electron chi connectivity index (χ3n) is 3.23. The van der Waals surface area contributed by atoms with Gasteiger partial charge in [0.15, 0.2) is 0 Å². The van der Waals surface area contributed by atoms with Crippen molar-refractivity contribution >= 4 is 27.0 Å². The van der Waals surface area contributed by atoms with Gasteiger partial charge in [0.25, 0.3) is 0 Å². The lowest BCUT2D eigenvalue weighted by Crippen LogP contribution is -2.03. The second kappa shape index (κ2) is 19.6. The van der Waals surface area contributed by atoms with Crippen molar-refractivity contribution in [2.75, 3.05) is 39.6 Å². The molecule has 0 spiro atoms. The van der Waals surface area contributed by atoms with Gasteiger partial charge in [-0.1, -0.05) is 0 Å². The molecule has 124 valence electrons. The number of hydrogen-bond donors (Lipinski definition) is 0. The van der Waals surface area contributed by atoms with E-state index in [2.05, 4.69) is 0 Å². The molecule has 0 bridgehead atoms. The molecule has 3 fully saturated rings. The van der Waals surface area contributed by atoms with Crippen LogP contribution in [-0.2, 0) is 14.2 Å². The van der Waals surface area contributed by atoms with Crippen LogP contribution >= 0.6 is 27.0 Å². The first kappa shape index (κ1) is 22.9. The van der Waals surface area contributed by atoms with E-state index in [0.717, 1.165) is 39.6 Å². The summed E-state index contributed by atoms with van der Waals surface area (Å²) in [5, 5.41) is 0. The molecule has 3 saturated heterocycles. The Morgan fingerprint density at radius 2 is 0.500 bits per heavy atom. The molecule has 3 aliphatic heterocycles. The Hall–Kier alpha value is 0.580. The number of rotatable bonds is 0. The lowest BCUT2D eigenvalue weighted by Gasteiger charge is -2.08. The molecule has 3 rings (SSSR count). The highest BCUT2D eigenvalue weighted by Crippen LogP contribution is 2.03. The van der Waals surface area contributed by atoms with Crippen molar-refractivity contribution in [3.8, 4) is 0 Å². The molecule has 20 heavy (non-hydrogen) atoms. The van der Waals surface area contributed by atoms with Gasteiger partial charge in [-0.3, -0.25) is 0 Å². The van der Waals surface area contributed by atoms with Gasteiger partial charge in [0.2, 0.25) is 0 Å². The highest BCUT2D eigenvalue weighted by Gasteiger charge is 1.96. The molecule has 0 saturated carbocycles. The van der Waals surface area contributed by atoms with Crippen LogP contribution in [0.1, 0.15) is 57.8 Å². The fourth-order valence-electron chi connectivity index (χ4n) is 2.06. The van der Waals surface area contributed by atoms with Gasteiger partial charge in [-0.2, -0.15) is 27.0 Å². The summed E-state index contributed by atoms with van der Waals surface area (Å²) in [6.07, 6.45) is 11.8. The maximum absolute atomic E-state index is 5.07. The predicted molar refractivity (Wildman–Crippen MR) is 94.8 cm³/mol. The van der Waals surface area contributed by atoms with Crippen molar-refractivity contribution in [2.24, 2.45) is 0 Å². The highest BCUT2D eigenvalue weighted by molar-refractivity contribution is 7.59. The van der Waals surface area contributed by atoms with E-state index in [9.17, 15) is 0 Å². The maximum Gasteiger partial charge on any atom is 0.0466 e. The average Bonchev–Trinajstić information content (AvgIpc) is 2.54. The second-order valence-corrected chi connectivity index (χ2v) is 5.02. The van der Waals surface area contributed by atoms with Gasteiger partial charge in [-0.15, -0.1) is 0 Å². The number of hydrogen-bond acceptors (Lipinski definition) is 3. The zero-order valence-corrected chi connectivity index (χ0v) is 14.8. The Labute approximate surface area is 139 Å². The zero-order valence-electron chi connectivity index (χ0n) is 12.8. The molecule has 0 N–H and O–H groups in total. The van der Waals surface area contributed by atoms with Gasteiger partial charge in [0, 0.05) is 39.6 Å². The van der Waals surface area contributed by atoms with Crippen LogP contribution < -0.4 is 0 Å². The zero-order chi connectivity index (χ0) is 12.7. The van der Waals surface area contributed by atoms with Crippen molar-refractivity contribution in [3.05, 3.63) is 0 Å². The summed E-state index contributed by atoms with van der Waals surface area (Å²) in [6, 6.07) is 0. The summed E-state index contributed by atoms with van der Waals surface area (Å²) in [5.41, 5.74) is 0. The summed E-state index contributed by atoms with van der Waals surface area (Å²) in [6.45, 7) is 6.00. The minimum absolute atomic E-state index is 0. The van der Waals surface area contributed by atoms with E-state index in [1.54, 1.807) is 0 Å². The van der Waals surface area contributed by atoms with Crippen LogP contribution in [0.4, 0.5) is 0 Å². The molecule has 3 heterocycles. The van der Waals surface area contributed by atoms with Crippen LogP contribution in [0, 0.1) is 0 Å². The molecule has 0 aliphatic carbocycles. The van der Waals surface area contributed by atoms with Crippen molar-refractivity contribution in [1.29, 1.82) is 0 Å². The third-order valence-corrected chi connectivity index (χ3v) is 3.23. The van der Waals surface area contributed by atoms with E-state index in [1.807, 2.05) is 0 Å². The van der Waals surface area contributed by atoms with Crippen molar-refractivity contribution in [1.82, 2.24) is 0 Å². The van der Waals surface area contributed by atoms with Gasteiger partial charge >= 0.3 is 0 Å². The Morgan fingerprint density at radius 1 is 0.300 bits per heavy atom. The van der Waals surface area contributed by atoms with E-state index < -0.39 is 0 Å². The summed E-state index contributed by atoms with van der Waals surface area (Å²) >= 11 is 0. The second-order valence-electron chi connectivity index (χ2n) is 5.02. The van der Waals surface area contributed by atoms with Crippen LogP contribution in [0.2, 0.25) is 0 Å². The topological polar surface area (TPSA) is 27.7 Å². The fourth-order valence-corrected chi connectivity index (χ4v) is 2.06. The Balaban J connectivity index is 0. The van der Waals surface area contributed by atoms with Crippen molar-refractivity contribution < 1.29 is 14.2 Å². The first-order chi connectivity index (χ1) is 9.00. The predicted octanol–water partition coefficient (Wildman–Crippen LogP) is 3.79. The quantitative estimate of drug-likeness (QED) is 0.678. The van der Waals surface area contributed by atoms with Crippen molar-refractivity contribution in [2.45, 2.75) is 57.8 Å². The molecule has 3 nitrogen and oxygen atoms in total. The Kier molecular flexibility index (Phi) is 22.4. The lowest BCUT2D eigenvalue weighted by atomic mass is 10.2. The monoisotopic (exact) mass is 326 g/mol. The van der Waals surface area contributed by atoms with Crippen LogP contribution in [-0.4, -0.2) is 39.6 Å². The summed E-state index contributed by atoms with van der Waals surface area (Å²) in [5.74, 6) is 0. The van der Waals surface area contributed by atoms with E-state index in [4.69, 9.17) is 14.2 Å². The molecule has 3 aliphatic rings. The van der Waals surface area contributed by atoms with Crippen LogP contribution in [0.3, 0.4) is 0 Å². The maximum atomic E-state index is 5.07. The fraction of sp³-hybridized carbons (Fsp3) is 1.00. The molecule has 0 radical (unpaired) electrons. The van der Waals surface area contributed by atoms with Gasteiger partial charge in [-0.25, -0.2) is 0 Å². The summed E-state index contributed by atoms with van der Waals surface area (Å²) < 4.78 is 15.2. The van der Waals surface area contributed by atoms with Gasteiger partial charge < -0.3 is 14.2 Å². The van der Waals surface area contributed by atoms with Gasteiger partial charge in [0.05, 0.1) is 0 Å². The largest absolute Gasteiger partial charge is 0.381 e. The van der Waals surface area contributed by atoms with E-state index in [0.29, 0.717) is 0 Å². The molecule has 0 aromatic rings. The van der Waals surface area contributed by atoms with E-state index in [-0.39, 0.29) is 27.0 Å². The van der Waals surface area contributed by atoms with Crippen LogP contribution in [0.5, 0.6) is 0 Å². The number of ether oxygens (including phenoxy) is 3. The van der Waals surface area contributed by atoms with E-state index >= 15 is 0 Å². The molecule has 0 atom stereocenters. The minimum atomic E-state index is 0. The molecule has 0 amide bonds. The summed E-state index contributed by atoms with van der Waals surface area (Å²) in [4.78, 5) is 0. The van der Waals surface area contributed by atoms with Gasteiger partial charge in [0.1, 0.15) is 0 Å². The SMILES string of the molecule is C1CCOCC1.C1CCOCC1.C1CCOCC1.S.S. The van der Waals surface area contributed by atoms with Gasteiger partial charge in [-0.05, 0) is 57.8 Å². The Morgan fingerprint density at radius 3 is 0.550 bits per heavy atom. The molecule has 0 aromatic carbocycles. The standard InChI is InChI=1S/3C5H10O.2H2S/c3*1-2-4-6-5-3-1;;/h3*1-5H2;2*1H2. The van der Waals surface area contributed by atoms with Crippen molar-refractivity contribution in [3.63, 3.8) is 0 Å². The smallest absolute Gasteiger partial charge is 0.0466 e. The van der Waals surface area contributed by atoms with E-state index in [1.165, 1.54) is 57.8 Å². The molecule has 0 aromatic heterocycles. The highest BCUT2D eigenvalue weighted by atomic mass is 32.1. The molecule has 0 unspecified atom stereocenters. The molecular weight excluding hydrogens is 292 g/mol. The lowest BCUT2D eigenvalue weighted by molar-refractivity contribution is 0.0967. The normalized spacial score (nSPS) is 21.6. The van der Waals surface area contributed by atoms with Crippen LogP contribution in [0.15, 0.2) is 0 Å². The Bertz CT molecular complexity index is 96.1. The average molecular weight is 327 g/mol. The first-order valence-corrected chi connectivity index (χ1v) is 7.73.